The molecule has 2 aromatic carbocycles. The van der Waals surface area contributed by atoms with Gasteiger partial charge in [-0.2, -0.15) is 4.31 Å². The molecule has 4 rings (SSSR count). The lowest BCUT2D eigenvalue weighted by Crippen LogP contribution is -2.50. The van der Waals surface area contributed by atoms with Gasteiger partial charge in [0.15, 0.2) is 0 Å². The molecule has 0 bridgehead atoms. The lowest BCUT2D eigenvalue weighted by Gasteiger charge is -2.33. The molecule has 1 aliphatic rings. The lowest BCUT2D eigenvalue weighted by atomic mass is 10.1. The Bertz CT molecular complexity index is 1040. The van der Waals surface area contributed by atoms with E-state index >= 15 is 0 Å². The molecule has 0 radical (unpaired) electrons. The second-order valence-corrected chi connectivity index (χ2v) is 9.30. The minimum absolute atomic E-state index is 0.0519. The van der Waals surface area contributed by atoms with Gasteiger partial charge >= 0.3 is 0 Å². The molecule has 1 aromatic heterocycles. The molecule has 1 aliphatic heterocycles. The molecule has 26 heavy (non-hydrogen) atoms. The van der Waals surface area contributed by atoms with Gasteiger partial charge in [0.05, 0.1) is 0 Å². The summed E-state index contributed by atoms with van der Waals surface area (Å²) >= 11 is 1.22. The molecule has 1 fully saturated rings. The van der Waals surface area contributed by atoms with E-state index in [1.54, 1.807) is 22.4 Å². The first-order chi connectivity index (χ1) is 12.6. The third-order valence-corrected chi connectivity index (χ3v) is 7.88. The second-order valence-electron chi connectivity index (χ2n) is 6.19. The fourth-order valence-corrected chi connectivity index (χ4v) is 5.74. The Morgan fingerprint density at radius 3 is 2.31 bits per heavy atom. The number of carbonyl (C=O) groups excluding carboxylic acids is 1. The van der Waals surface area contributed by atoms with E-state index in [9.17, 15) is 13.2 Å². The van der Waals surface area contributed by atoms with Crippen LogP contribution >= 0.6 is 11.3 Å². The number of rotatable bonds is 3. The SMILES string of the molecule is O=C(c1ccc2ccccc2c1)N1CCN(S(=O)(=O)c2cccs2)CC1. The highest BCUT2D eigenvalue weighted by molar-refractivity contribution is 7.91. The third kappa shape index (κ3) is 3.13. The maximum absolute atomic E-state index is 12.8. The van der Waals surface area contributed by atoms with Crippen LogP contribution in [0.4, 0.5) is 0 Å². The zero-order chi connectivity index (χ0) is 18.1. The van der Waals surface area contributed by atoms with Gasteiger partial charge in [-0.3, -0.25) is 4.79 Å². The van der Waals surface area contributed by atoms with Crippen LogP contribution in [0.5, 0.6) is 0 Å². The summed E-state index contributed by atoms with van der Waals surface area (Å²) in [5.41, 5.74) is 0.637. The predicted molar refractivity (Wildman–Crippen MR) is 103 cm³/mol. The van der Waals surface area contributed by atoms with Crippen molar-refractivity contribution in [1.29, 1.82) is 0 Å². The molecule has 3 aromatic rings. The van der Waals surface area contributed by atoms with E-state index in [1.807, 2.05) is 42.5 Å². The largest absolute Gasteiger partial charge is 0.336 e. The molecular formula is C19H18N2O3S2. The summed E-state index contributed by atoms with van der Waals surface area (Å²) in [4.78, 5) is 14.5. The summed E-state index contributed by atoms with van der Waals surface area (Å²) in [6.45, 7) is 1.44. The van der Waals surface area contributed by atoms with Crippen LogP contribution in [-0.4, -0.2) is 49.7 Å². The van der Waals surface area contributed by atoms with Crippen LogP contribution in [0.1, 0.15) is 10.4 Å². The van der Waals surface area contributed by atoms with Crippen LogP contribution in [0.15, 0.2) is 64.2 Å². The number of hydrogen-bond donors (Lipinski definition) is 0. The Hall–Kier alpha value is -2.22. The van der Waals surface area contributed by atoms with Crippen molar-refractivity contribution >= 4 is 38.0 Å². The van der Waals surface area contributed by atoms with Gasteiger partial charge in [-0.1, -0.05) is 36.4 Å². The van der Waals surface area contributed by atoms with Crippen molar-refractivity contribution in [1.82, 2.24) is 9.21 Å². The van der Waals surface area contributed by atoms with Crippen molar-refractivity contribution in [3.8, 4) is 0 Å². The first-order valence-corrected chi connectivity index (χ1v) is 10.7. The Morgan fingerprint density at radius 1 is 0.885 bits per heavy atom. The van der Waals surface area contributed by atoms with Crippen LogP contribution in [0.2, 0.25) is 0 Å². The minimum Gasteiger partial charge on any atom is -0.336 e. The number of nitrogens with zero attached hydrogens (tertiary/aromatic N) is 2. The predicted octanol–water partition coefficient (Wildman–Crippen LogP) is 3.05. The highest BCUT2D eigenvalue weighted by Gasteiger charge is 2.30. The van der Waals surface area contributed by atoms with E-state index in [4.69, 9.17) is 0 Å². The number of fused-ring (bicyclic) bond motifs is 1. The van der Waals surface area contributed by atoms with Gasteiger partial charge in [-0.05, 0) is 34.4 Å². The molecule has 1 saturated heterocycles. The average Bonchev–Trinajstić information content (AvgIpc) is 3.23. The fourth-order valence-electron chi connectivity index (χ4n) is 3.17. The number of carbonyl (C=O) groups is 1. The molecule has 0 spiro atoms. The summed E-state index contributed by atoms with van der Waals surface area (Å²) in [7, 11) is -3.45. The molecule has 0 atom stereocenters. The van der Waals surface area contributed by atoms with Gasteiger partial charge in [-0.15, -0.1) is 11.3 Å². The van der Waals surface area contributed by atoms with E-state index < -0.39 is 10.0 Å². The van der Waals surface area contributed by atoms with Gasteiger partial charge < -0.3 is 4.90 Å². The number of thiophene rings is 1. The Morgan fingerprint density at radius 2 is 1.62 bits per heavy atom. The van der Waals surface area contributed by atoms with Gasteiger partial charge in [0.25, 0.3) is 15.9 Å². The van der Waals surface area contributed by atoms with Gasteiger partial charge in [0, 0.05) is 31.7 Å². The van der Waals surface area contributed by atoms with Crippen LogP contribution in [-0.2, 0) is 10.0 Å². The molecular weight excluding hydrogens is 368 g/mol. The first kappa shape index (κ1) is 17.2. The van der Waals surface area contributed by atoms with E-state index in [0.717, 1.165) is 10.8 Å². The van der Waals surface area contributed by atoms with Crippen LogP contribution in [0.3, 0.4) is 0 Å². The van der Waals surface area contributed by atoms with Gasteiger partial charge in [0.2, 0.25) is 0 Å². The van der Waals surface area contributed by atoms with Crippen LogP contribution in [0, 0.1) is 0 Å². The van der Waals surface area contributed by atoms with Crippen molar-refractivity contribution in [3.63, 3.8) is 0 Å². The maximum atomic E-state index is 12.8. The molecule has 7 heteroatoms. The monoisotopic (exact) mass is 386 g/mol. The topological polar surface area (TPSA) is 57.7 Å². The van der Waals surface area contributed by atoms with Crippen molar-refractivity contribution < 1.29 is 13.2 Å². The lowest BCUT2D eigenvalue weighted by molar-refractivity contribution is 0.0698. The molecule has 5 nitrogen and oxygen atoms in total. The van der Waals surface area contributed by atoms with Crippen LogP contribution in [0.25, 0.3) is 10.8 Å². The molecule has 0 unspecified atom stereocenters. The van der Waals surface area contributed by atoms with Crippen molar-refractivity contribution in [2.24, 2.45) is 0 Å². The molecule has 2 heterocycles. The number of amides is 1. The Kier molecular flexibility index (Phi) is 4.52. The summed E-state index contributed by atoms with van der Waals surface area (Å²) < 4.78 is 27.0. The summed E-state index contributed by atoms with van der Waals surface area (Å²) in [5, 5.41) is 3.88. The number of hydrogen-bond acceptors (Lipinski definition) is 4. The van der Waals surface area contributed by atoms with E-state index in [0.29, 0.717) is 36.0 Å². The minimum atomic E-state index is -3.45. The summed E-state index contributed by atoms with van der Waals surface area (Å²) in [6.07, 6.45) is 0. The molecule has 0 saturated carbocycles. The van der Waals surface area contributed by atoms with Gasteiger partial charge in [-0.25, -0.2) is 8.42 Å². The summed E-state index contributed by atoms with van der Waals surface area (Å²) in [6, 6.07) is 16.9. The average molecular weight is 386 g/mol. The van der Waals surface area contributed by atoms with E-state index in [2.05, 4.69) is 0 Å². The van der Waals surface area contributed by atoms with Gasteiger partial charge in [0.1, 0.15) is 4.21 Å². The summed E-state index contributed by atoms with van der Waals surface area (Å²) in [5.74, 6) is -0.0519. The third-order valence-electron chi connectivity index (χ3n) is 4.61. The fraction of sp³-hybridized carbons (Fsp3) is 0.211. The van der Waals surface area contributed by atoms with E-state index in [1.165, 1.54) is 15.6 Å². The Labute approximate surface area is 156 Å². The zero-order valence-corrected chi connectivity index (χ0v) is 15.7. The molecule has 134 valence electrons. The highest BCUT2D eigenvalue weighted by atomic mass is 32.2. The van der Waals surface area contributed by atoms with Crippen LogP contribution < -0.4 is 0 Å². The number of benzene rings is 2. The van der Waals surface area contributed by atoms with E-state index in [-0.39, 0.29) is 5.91 Å². The van der Waals surface area contributed by atoms with Crippen molar-refractivity contribution in [2.45, 2.75) is 4.21 Å². The normalized spacial score (nSPS) is 16.1. The maximum Gasteiger partial charge on any atom is 0.253 e. The molecule has 0 N–H and O–H groups in total. The Balaban J connectivity index is 1.48. The zero-order valence-electron chi connectivity index (χ0n) is 14.0. The quantitative estimate of drug-likeness (QED) is 0.695. The van der Waals surface area contributed by atoms with Crippen molar-refractivity contribution in [3.05, 3.63) is 65.5 Å². The highest BCUT2D eigenvalue weighted by Crippen LogP contribution is 2.23. The molecule has 0 aliphatic carbocycles. The second kappa shape index (κ2) is 6.83. The molecule has 1 amide bonds. The van der Waals surface area contributed by atoms with Crippen molar-refractivity contribution in [2.75, 3.05) is 26.2 Å². The smallest absolute Gasteiger partial charge is 0.253 e. The first-order valence-electron chi connectivity index (χ1n) is 8.37. The number of piperazine rings is 1. The standard InChI is InChI=1S/C19H18N2O3S2/c22-19(17-8-7-15-4-1-2-5-16(15)14-17)20-9-11-21(12-10-20)26(23,24)18-6-3-13-25-18/h1-8,13-14H,9-12H2. The number of sulfonamides is 1.